The van der Waals surface area contributed by atoms with Gasteiger partial charge >= 0.3 is 5.97 Å². The van der Waals surface area contributed by atoms with Crippen LogP contribution in [0.25, 0.3) is 0 Å². The SMILES string of the molecule is CCOC(=O)C(C)(C)C1CCN(c2ncnc(OC)c2OC)CC1. The van der Waals surface area contributed by atoms with Gasteiger partial charge in [-0.1, -0.05) is 0 Å². The Morgan fingerprint density at radius 2 is 1.92 bits per heavy atom. The van der Waals surface area contributed by atoms with Crippen LogP contribution in [0.2, 0.25) is 0 Å². The van der Waals surface area contributed by atoms with E-state index in [1.54, 1.807) is 14.2 Å². The summed E-state index contributed by atoms with van der Waals surface area (Å²) < 4.78 is 15.9. The van der Waals surface area contributed by atoms with E-state index in [2.05, 4.69) is 14.9 Å². The Morgan fingerprint density at radius 3 is 2.46 bits per heavy atom. The van der Waals surface area contributed by atoms with Crippen molar-refractivity contribution in [1.82, 2.24) is 9.97 Å². The van der Waals surface area contributed by atoms with Gasteiger partial charge in [0.1, 0.15) is 6.33 Å². The average Bonchev–Trinajstić information content (AvgIpc) is 2.61. The second-order valence-electron chi connectivity index (χ2n) is 6.44. The number of carbonyl (C=O) groups is 1. The number of ether oxygens (including phenoxy) is 3. The molecule has 2 heterocycles. The van der Waals surface area contributed by atoms with Crippen molar-refractivity contribution in [3.63, 3.8) is 0 Å². The number of anilines is 1. The predicted molar refractivity (Wildman–Crippen MR) is 90.5 cm³/mol. The molecule has 0 spiro atoms. The van der Waals surface area contributed by atoms with Gasteiger partial charge in [-0.3, -0.25) is 4.79 Å². The maximum atomic E-state index is 12.2. The summed E-state index contributed by atoms with van der Waals surface area (Å²) in [5.41, 5.74) is -0.477. The molecule has 2 rings (SSSR count). The van der Waals surface area contributed by atoms with Crippen LogP contribution in [0.4, 0.5) is 5.82 Å². The van der Waals surface area contributed by atoms with E-state index >= 15 is 0 Å². The Labute approximate surface area is 143 Å². The van der Waals surface area contributed by atoms with Crippen molar-refractivity contribution < 1.29 is 19.0 Å². The van der Waals surface area contributed by atoms with Gasteiger partial charge in [-0.05, 0) is 39.5 Å². The predicted octanol–water partition coefficient (Wildman–Crippen LogP) is 2.30. The molecule has 0 unspecified atom stereocenters. The van der Waals surface area contributed by atoms with E-state index in [4.69, 9.17) is 14.2 Å². The molecular weight excluding hydrogens is 310 g/mol. The van der Waals surface area contributed by atoms with Crippen molar-refractivity contribution in [3.8, 4) is 11.6 Å². The van der Waals surface area contributed by atoms with Crippen LogP contribution in [0, 0.1) is 11.3 Å². The van der Waals surface area contributed by atoms with Gasteiger partial charge in [0.25, 0.3) is 5.88 Å². The zero-order valence-electron chi connectivity index (χ0n) is 15.2. The van der Waals surface area contributed by atoms with Crippen LogP contribution in [-0.4, -0.2) is 49.9 Å². The number of carbonyl (C=O) groups excluding carboxylic acids is 1. The van der Waals surface area contributed by atoms with Gasteiger partial charge in [-0.25, -0.2) is 4.98 Å². The van der Waals surface area contributed by atoms with Crippen LogP contribution in [-0.2, 0) is 9.53 Å². The third kappa shape index (κ3) is 3.55. The van der Waals surface area contributed by atoms with Gasteiger partial charge in [0.05, 0.1) is 26.2 Å². The normalized spacial score (nSPS) is 16.0. The van der Waals surface area contributed by atoms with Gasteiger partial charge < -0.3 is 19.1 Å². The topological polar surface area (TPSA) is 73.8 Å². The fourth-order valence-electron chi connectivity index (χ4n) is 3.19. The molecule has 7 nitrogen and oxygen atoms in total. The molecule has 7 heteroatoms. The number of aromatic nitrogens is 2. The fraction of sp³-hybridized carbons (Fsp3) is 0.706. The largest absolute Gasteiger partial charge is 0.489 e. The monoisotopic (exact) mass is 337 g/mol. The lowest BCUT2D eigenvalue weighted by atomic mass is 9.73. The Balaban J connectivity index is 2.09. The van der Waals surface area contributed by atoms with Crippen molar-refractivity contribution in [2.45, 2.75) is 33.6 Å². The van der Waals surface area contributed by atoms with Crippen molar-refractivity contribution in [1.29, 1.82) is 0 Å². The van der Waals surface area contributed by atoms with Gasteiger partial charge in [0.2, 0.25) is 5.75 Å². The van der Waals surface area contributed by atoms with Crippen LogP contribution in [0.15, 0.2) is 6.33 Å². The Bertz CT molecular complexity index is 569. The molecule has 0 saturated carbocycles. The molecule has 0 atom stereocenters. The number of piperidine rings is 1. The summed E-state index contributed by atoms with van der Waals surface area (Å²) in [4.78, 5) is 22.8. The molecule has 134 valence electrons. The van der Waals surface area contributed by atoms with Crippen LogP contribution in [0.1, 0.15) is 33.6 Å². The second kappa shape index (κ2) is 7.68. The molecule has 1 aromatic heterocycles. The highest BCUT2D eigenvalue weighted by Gasteiger charge is 2.40. The number of rotatable bonds is 6. The molecule has 1 aliphatic rings. The molecule has 0 radical (unpaired) electrons. The van der Waals surface area contributed by atoms with E-state index in [-0.39, 0.29) is 11.9 Å². The van der Waals surface area contributed by atoms with Gasteiger partial charge in [0.15, 0.2) is 5.82 Å². The number of nitrogens with zero attached hydrogens (tertiary/aromatic N) is 3. The Hall–Kier alpha value is -2.05. The smallest absolute Gasteiger partial charge is 0.311 e. The summed E-state index contributed by atoms with van der Waals surface area (Å²) >= 11 is 0. The molecule has 1 aromatic rings. The van der Waals surface area contributed by atoms with Crippen LogP contribution in [0.3, 0.4) is 0 Å². The van der Waals surface area contributed by atoms with E-state index in [1.165, 1.54) is 6.33 Å². The number of methoxy groups -OCH3 is 2. The number of hydrogen-bond donors (Lipinski definition) is 0. The van der Waals surface area contributed by atoms with Crippen LogP contribution >= 0.6 is 0 Å². The second-order valence-corrected chi connectivity index (χ2v) is 6.44. The highest BCUT2D eigenvalue weighted by Crippen LogP contribution is 2.40. The summed E-state index contributed by atoms with van der Waals surface area (Å²) in [6, 6.07) is 0. The van der Waals surface area contributed by atoms with E-state index in [0.717, 1.165) is 31.7 Å². The van der Waals surface area contributed by atoms with Crippen LogP contribution < -0.4 is 14.4 Å². The van der Waals surface area contributed by atoms with Crippen molar-refractivity contribution in [2.75, 3.05) is 38.8 Å². The molecule has 1 aliphatic heterocycles. The van der Waals surface area contributed by atoms with E-state index in [0.29, 0.717) is 18.2 Å². The highest BCUT2D eigenvalue weighted by molar-refractivity contribution is 5.76. The van der Waals surface area contributed by atoms with Gasteiger partial charge in [-0.2, -0.15) is 4.98 Å². The summed E-state index contributed by atoms with van der Waals surface area (Å²) in [6.07, 6.45) is 3.26. The molecule has 1 saturated heterocycles. The lowest BCUT2D eigenvalue weighted by Crippen LogP contribution is -2.43. The summed E-state index contributed by atoms with van der Waals surface area (Å²) in [5, 5.41) is 0. The number of hydrogen-bond acceptors (Lipinski definition) is 7. The molecule has 0 aromatic carbocycles. The highest BCUT2D eigenvalue weighted by atomic mass is 16.5. The van der Waals surface area contributed by atoms with E-state index in [9.17, 15) is 4.79 Å². The maximum absolute atomic E-state index is 12.2. The fourth-order valence-corrected chi connectivity index (χ4v) is 3.19. The molecule has 0 amide bonds. The lowest BCUT2D eigenvalue weighted by Gasteiger charge is -2.39. The summed E-state index contributed by atoms with van der Waals surface area (Å²) in [6.45, 7) is 7.79. The summed E-state index contributed by atoms with van der Waals surface area (Å²) in [7, 11) is 3.14. The molecular formula is C17H27N3O4. The van der Waals surface area contributed by atoms with Crippen molar-refractivity contribution >= 4 is 11.8 Å². The number of esters is 1. The van der Waals surface area contributed by atoms with Crippen LogP contribution in [0.5, 0.6) is 11.6 Å². The third-order valence-corrected chi connectivity index (χ3v) is 4.77. The maximum Gasteiger partial charge on any atom is 0.311 e. The average molecular weight is 337 g/mol. The Kier molecular flexibility index (Phi) is 5.85. The minimum Gasteiger partial charge on any atom is -0.489 e. The molecule has 0 bridgehead atoms. The van der Waals surface area contributed by atoms with E-state index < -0.39 is 5.41 Å². The zero-order chi connectivity index (χ0) is 17.7. The first-order chi connectivity index (χ1) is 11.5. The standard InChI is InChI=1S/C17H27N3O4/c1-6-24-16(21)17(2,3)12-7-9-20(10-8-12)14-13(22-4)15(23-5)19-11-18-14/h11-12H,6-10H2,1-5H3. The lowest BCUT2D eigenvalue weighted by molar-refractivity contribution is -0.157. The first-order valence-electron chi connectivity index (χ1n) is 8.30. The van der Waals surface area contributed by atoms with Crippen molar-refractivity contribution in [3.05, 3.63) is 6.33 Å². The molecule has 24 heavy (non-hydrogen) atoms. The van der Waals surface area contributed by atoms with E-state index in [1.807, 2.05) is 20.8 Å². The first-order valence-corrected chi connectivity index (χ1v) is 8.30. The minimum atomic E-state index is -0.477. The van der Waals surface area contributed by atoms with Gasteiger partial charge in [0, 0.05) is 13.1 Å². The molecule has 1 fully saturated rings. The van der Waals surface area contributed by atoms with Crippen molar-refractivity contribution in [2.24, 2.45) is 11.3 Å². The first kappa shape index (κ1) is 18.3. The molecule has 0 aliphatic carbocycles. The quantitative estimate of drug-likeness (QED) is 0.737. The zero-order valence-corrected chi connectivity index (χ0v) is 15.2. The summed E-state index contributed by atoms with van der Waals surface area (Å²) in [5.74, 6) is 1.86. The molecule has 0 N–H and O–H groups in total. The Morgan fingerprint density at radius 1 is 1.25 bits per heavy atom. The minimum absolute atomic E-state index is 0.121. The van der Waals surface area contributed by atoms with Gasteiger partial charge in [-0.15, -0.1) is 0 Å². The third-order valence-electron chi connectivity index (χ3n) is 4.77.